The number of rotatable bonds is 6. The van der Waals surface area contributed by atoms with Crippen molar-refractivity contribution in [3.63, 3.8) is 0 Å². The molecule has 0 spiro atoms. The van der Waals surface area contributed by atoms with Gasteiger partial charge in [0.15, 0.2) is 0 Å². The highest BCUT2D eigenvalue weighted by Gasteiger charge is 2.35. The van der Waals surface area contributed by atoms with Crippen molar-refractivity contribution in [3.05, 3.63) is 29.0 Å². The lowest BCUT2D eigenvalue weighted by Crippen LogP contribution is -2.49. The van der Waals surface area contributed by atoms with E-state index in [9.17, 15) is 17.6 Å². The lowest BCUT2D eigenvalue weighted by molar-refractivity contribution is -0.121. The first-order chi connectivity index (χ1) is 11.4. The first kappa shape index (κ1) is 19.1. The molecule has 9 heteroatoms. The fourth-order valence-electron chi connectivity index (χ4n) is 2.76. The van der Waals surface area contributed by atoms with Gasteiger partial charge in [-0.2, -0.15) is 4.31 Å². The first-order valence-electron chi connectivity index (χ1n) is 7.80. The van der Waals surface area contributed by atoms with Crippen molar-refractivity contribution in [2.45, 2.75) is 36.6 Å². The van der Waals surface area contributed by atoms with E-state index in [1.807, 2.05) is 0 Å². The molecule has 6 nitrogen and oxygen atoms in total. The fraction of sp³-hybridized carbons (Fsp3) is 0.533. The largest absolute Gasteiger partial charge is 0.354 e. The molecule has 1 amide bonds. The van der Waals surface area contributed by atoms with Gasteiger partial charge in [0, 0.05) is 37.1 Å². The summed E-state index contributed by atoms with van der Waals surface area (Å²) in [4.78, 5) is 11.2. The lowest BCUT2D eigenvalue weighted by atomic mass is 10.1. The van der Waals surface area contributed by atoms with Crippen LogP contribution in [-0.4, -0.2) is 44.3 Å². The number of sulfonamides is 1. The van der Waals surface area contributed by atoms with Crippen LogP contribution < -0.4 is 11.1 Å². The second-order valence-corrected chi connectivity index (χ2v) is 7.98. The van der Waals surface area contributed by atoms with Crippen LogP contribution in [-0.2, 0) is 14.8 Å². The van der Waals surface area contributed by atoms with E-state index < -0.39 is 26.8 Å². The van der Waals surface area contributed by atoms with E-state index in [1.165, 1.54) is 16.4 Å². The van der Waals surface area contributed by atoms with E-state index in [1.54, 1.807) is 0 Å². The summed E-state index contributed by atoms with van der Waals surface area (Å²) in [6, 6.07) is 3.10. The Morgan fingerprint density at radius 2 is 2.17 bits per heavy atom. The number of hydrogen-bond donors (Lipinski definition) is 2. The third kappa shape index (κ3) is 4.44. The summed E-state index contributed by atoms with van der Waals surface area (Å²) in [5.74, 6) is -1.10. The predicted octanol–water partition coefficient (Wildman–Crippen LogP) is 1.49. The maximum absolute atomic E-state index is 14.1. The van der Waals surface area contributed by atoms with Crippen molar-refractivity contribution < 1.29 is 17.6 Å². The number of nitrogens with one attached hydrogen (secondary N) is 1. The molecule has 1 aliphatic rings. The van der Waals surface area contributed by atoms with Gasteiger partial charge in [-0.25, -0.2) is 12.8 Å². The van der Waals surface area contributed by atoms with Crippen LogP contribution in [0.25, 0.3) is 0 Å². The summed E-state index contributed by atoms with van der Waals surface area (Å²) in [5, 5.41) is 2.83. The van der Waals surface area contributed by atoms with Gasteiger partial charge in [0.25, 0.3) is 0 Å². The van der Waals surface area contributed by atoms with Crippen molar-refractivity contribution in [2.24, 2.45) is 5.73 Å². The van der Waals surface area contributed by atoms with Crippen LogP contribution in [0.2, 0.25) is 5.02 Å². The molecule has 0 aliphatic carbocycles. The van der Waals surface area contributed by atoms with Crippen molar-refractivity contribution in [3.8, 4) is 0 Å². The standard InChI is InChI=1S/C15H21ClFN3O3S/c16-11-4-5-14(13(17)9-11)24(22,23)20-8-2-1-3-12(20)10-19-15(21)6-7-18/h4-5,9,12H,1-3,6-8,10,18H2,(H,19,21). The highest BCUT2D eigenvalue weighted by Crippen LogP contribution is 2.27. The molecular formula is C15H21ClFN3O3S. The third-order valence-electron chi connectivity index (χ3n) is 3.96. The molecule has 134 valence electrons. The number of nitrogens with two attached hydrogens (primary N) is 1. The summed E-state index contributed by atoms with van der Waals surface area (Å²) in [7, 11) is -4.00. The molecular weight excluding hydrogens is 357 g/mol. The molecule has 1 aliphatic heterocycles. The monoisotopic (exact) mass is 377 g/mol. The van der Waals surface area contributed by atoms with Crippen LogP contribution in [0.1, 0.15) is 25.7 Å². The number of carbonyl (C=O) groups is 1. The summed E-state index contributed by atoms with van der Waals surface area (Å²) < 4.78 is 41.0. The van der Waals surface area contributed by atoms with E-state index in [0.29, 0.717) is 19.4 Å². The van der Waals surface area contributed by atoms with Gasteiger partial charge in [0.2, 0.25) is 15.9 Å². The maximum Gasteiger partial charge on any atom is 0.246 e. The van der Waals surface area contributed by atoms with E-state index in [4.69, 9.17) is 17.3 Å². The number of amides is 1. The van der Waals surface area contributed by atoms with Crippen LogP contribution >= 0.6 is 11.6 Å². The number of nitrogens with zero attached hydrogens (tertiary/aromatic N) is 1. The molecule has 1 heterocycles. The minimum absolute atomic E-state index is 0.135. The Morgan fingerprint density at radius 1 is 1.42 bits per heavy atom. The SMILES string of the molecule is NCCC(=O)NCC1CCCCN1S(=O)(=O)c1ccc(Cl)cc1F. The maximum atomic E-state index is 14.1. The zero-order valence-corrected chi connectivity index (χ0v) is 14.7. The molecule has 0 radical (unpaired) electrons. The molecule has 1 atom stereocenters. The molecule has 3 N–H and O–H groups in total. The van der Waals surface area contributed by atoms with Crippen LogP contribution in [0, 0.1) is 5.82 Å². The average molecular weight is 378 g/mol. The number of benzene rings is 1. The summed E-state index contributed by atoms with van der Waals surface area (Å²) in [5.41, 5.74) is 5.32. The number of halogens is 2. The Kier molecular flexibility index (Phi) is 6.56. The van der Waals surface area contributed by atoms with Gasteiger partial charge in [-0.3, -0.25) is 4.79 Å². The Hall–Kier alpha value is -1.22. The van der Waals surface area contributed by atoms with Crippen LogP contribution in [0.15, 0.2) is 23.1 Å². The predicted molar refractivity (Wildman–Crippen MR) is 89.6 cm³/mol. The van der Waals surface area contributed by atoms with E-state index in [2.05, 4.69) is 5.32 Å². The van der Waals surface area contributed by atoms with Crippen molar-refractivity contribution >= 4 is 27.5 Å². The molecule has 1 aromatic carbocycles. The Morgan fingerprint density at radius 3 is 2.83 bits per heavy atom. The van der Waals surface area contributed by atoms with Gasteiger partial charge in [-0.1, -0.05) is 18.0 Å². The van der Waals surface area contributed by atoms with Gasteiger partial charge in [0.05, 0.1) is 0 Å². The molecule has 1 fully saturated rings. The highest BCUT2D eigenvalue weighted by molar-refractivity contribution is 7.89. The molecule has 0 aromatic heterocycles. The van der Waals surface area contributed by atoms with E-state index in [0.717, 1.165) is 12.5 Å². The van der Waals surface area contributed by atoms with Gasteiger partial charge in [-0.05, 0) is 31.0 Å². The Balaban J connectivity index is 2.20. The van der Waals surface area contributed by atoms with Crippen molar-refractivity contribution in [1.82, 2.24) is 9.62 Å². The molecule has 1 saturated heterocycles. The zero-order chi connectivity index (χ0) is 17.7. The molecule has 24 heavy (non-hydrogen) atoms. The smallest absolute Gasteiger partial charge is 0.246 e. The molecule has 0 bridgehead atoms. The lowest BCUT2D eigenvalue weighted by Gasteiger charge is -2.34. The topological polar surface area (TPSA) is 92.5 Å². The van der Waals surface area contributed by atoms with Crippen LogP contribution in [0.5, 0.6) is 0 Å². The molecule has 1 unspecified atom stereocenters. The highest BCUT2D eigenvalue weighted by atomic mass is 35.5. The summed E-state index contributed by atoms with van der Waals surface area (Å²) in [6.07, 6.45) is 2.34. The molecule has 0 saturated carbocycles. The Labute approximate surface area is 146 Å². The quantitative estimate of drug-likeness (QED) is 0.785. The second kappa shape index (κ2) is 8.24. The molecule has 2 rings (SSSR count). The van der Waals surface area contributed by atoms with Crippen molar-refractivity contribution in [1.29, 1.82) is 0 Å². The van der Waals surface area contributed by atoms with E-state index >= 15 is 0 Å². The van der Waals surface area contributed by atoms with Crippen LogP contribution in [0.3, 0.4) is 0 Å². The fourth-order valence-corrected chi connectivity index (χ4v) is 4.66. The van der Waals surface area contributed by atoms with Crippen LogP contribution in [0.4, 0.5) is 4.39 Å². The minimum atomic E-state index is -4.00. The second-order valence-electron chi connectivity index (χ2n) is 5.68. The van der Waals surface area contributed by atoms with E-state index in [-0.39, 0.29) is 30.4 Å². The minimum Gasteiger partial charge on any atom is -0.354 e. The number of hydrogen-bond acceptors (Lipinski definition) is 4. The van der Waals surface area contributed by atoms with Gasteiger partial charge in [-0.15, -0.1) is 0 Å². The Bertz CT molecular complexity index is 699. The molecule has 1 aromatic rings. The number of carbonyl (C=O) groups excluding carboxylic acids is 1. The summed E-state index contributed by atoms with van der Waals surface area (Å²) >= 11 is 5.69. The van der Waals surface area contributed by atoms with Gasteiger partial charge in [0.1, 0.15) is 10.7 Å². The zero-order valence-electron chi connectivity index (χ0n) is 13.2. The normalized spacial score (nSPS) is 19.2. The summed E-state index contributed by atoms with van der Waals surface area (Å²) in [6.45, 7) is 0.712. The third-order valence-corrected chi connectivity index (χ3v) is 6.18. The van der Waals surface area contributed by atoms with Crippen molar-refractivity contribution in [2.75, 3.05) is 19.6 Å². The number of piperidine rings is 1. The average Bonchev–Trinajstić information content (AvgIpc) is 2.53. The van der Waals surface area contributed by atoms with Gasteiger partial charge >= 0.3 is 0 Å². The first-order valence-corrected chi connectivity index (χ1v) is 9.61. The van der Waals surface area contributed by atoms with Gasteiger partial charge < -0.3 is 11.1 Å².